The van der Waals surface area contributed by atoms with Crippen LogP contribution in [0.3, 0.4) is 0 Å². The number of hydrogen-bond donors (Lipinski definition) is 1. The Labute approximate surface area is 130 Å². The summed E-state index contributed by atoms with van der Waals surface area (Å²) in [5.41, 5.74) is 0.192. The zero-order chi connectivity index (χ0) is 16.0. The molecule has 1 aromatic carbocycles. The van der Waals surface area contributed by atoms with Crippen LogP contribution in [0.4, 0.5) is 17.6 Å². The molecular weight excluding hydrogens is 368 g/mol. The highest BCUT2D eigenvalue weighted by molar-refractivity contribution is 9.10. The van der Waals surface area contributed by atoms with Crippen LogP contribution in [0.5, 0.6) is 0 Å². The van der Waals surface area contributed by atoms with Gasteiger partial charge < -0.3 is 5.11 Å². The summed E-state index contributed by atoms with van der Waals surface area (Å²) in [4.78, 5) is 4.00. The van der Waals surface area contributed by atoms with Crippen molar-refractivity contribution < 1.29 is 22.7 Å². The Balaban J connectivity index is 2.15. The zero-order valence-corrected chi connectivity index (χ0v) is 12.3. The molecule has 0 aliphatic carbocycles. The van der Waals surface area contributed by atoms with Crippen LogP contribution in [0.2, 0.25) is 0 Å². The third-order valence-corrected chi connectivity index (χ3v) is 3.74. The van der Waals surface area contributed by atoms with Gasteiger partial charge in [-0.25, -0.2) is 22.5 Å². The van der Waals surface area contributed by atoms with Crippen LogP contribution < -0.4 is 0 Å². The number of halogens is 5. The quantitative estimate of drug-likeness (QED) is 0.548. The predicted octanol–water partition coefficient (Wildman–Crippen LogP) is 3.73. The number of benzene rings is 1. The van der Waals surface area contributed by atoms with Crippen molar-refractivity contribution in [2.75, 3.05) is 0 Å². The molecule has 114 valence electrons. The average molecular weight is 375 g/mol. The van der Waals surface area contributed by atoms with Gasteiger partial charge in [0.2, 0.25) is 0 Å². The van der Waals surface area contributed by atoms with E-state index in [2.05, 4.69) is 20.9 Å². The molecule has 0 amide bonds. The topological polar surface area (TPSA) is 37.5 Å². The second-order valence-electron chi connectivity index (χ2n) is 4.58. The SMILES string of the molecule is OC(c1cc(F)c(F)c(F)c1)c1cnc2c(Br)cc(F)cn12. The molecule has 8 heteroatoms. The standard InChI is InChI=1S/C14H7BrF4N2O/c15-8-3-7(16)5-21-11(4-20-14(8)21)13(22)6-1-9(17)12(19)10(18)2-6/h1-5,13,22H. The zero-order valence-electron chi connectivity index (χ0n) is 10.7. The van der Waals surface area contributed by atoms with Crippen molar-refractivity contribution in [2.45, 2.75) is 6.10 Å². The molecule has 0 spiro atoms. The van der Waals surface area contributed by atoms with Crippen LogP contribution in [0.1, 0.15) is 17.4 Å². The third-order valence-electron chi connectivity index (χ3n) is 3.16. The van der Waals surface area contributed by atoms with Gasteiger partial charge in [-0.05, 0) is 39.7 Å². The molecule has 22 heavy (non-hydrogen) atoms. The lowest BCUT2D eigenvalue weighted by molar-refractivity contribution is 0.212. The predicted molar refractivity (Wildman–Crippen MR) is 73.2 cm³/mol. The molecule has 2 heterocycles. The van der Waals surface area contributed by atoms with Crippen LogP contribution in [-0.4, -0.2) is 14.5 Å². The largest absolute Gasteiger partial charge is 0.382 e. The van der Waals surface area contributed by atoms with Gasteiger partial charge in [0, 0.05) is 6.20 Å². The lowest BCUT2D eigenvalue weighted by atomic mass is 10.1. The Kier molecular flexibility index (Phi) is 3.65. The van der Waals surface area contributed by atoms with Gasteiger partial charge in [-0.2, -0.15) is 0 Å². The highest BCUT2D eigenvalue weighted by atomic mass is 79.9. The molecule has 0 radical (unpaired) electrons. The molecule has 3 nitrogen and oxygen atoms in total. The third kappa shape index (κ3) is 2.38. The van der Waals surface area contributed by atoms with Crippen LogP contribution in [0.15, 0.2) is 35.1 Å². The minimum atomic E-state index is -1.62. The van der Waals surface area contributed by atoms with E-state index in [0.717, 1.165) is 6.20 Å². The highest BCUT2D eigenvalue weighted by Crippen LogP contribution is 2.28. The van der Waals surface area contributed by atoms with E-state index in [1.54, 1.807) is 0 Å². The Morgan fingerprint density at radius 2 is 1.73 bits per heavy atom. The van der Waals surface area contributed by atoms with Crippen molar-refractivity contribution in [3.63, 3.8) is 0 Å². The molecule has 1 atom stereocenters. The fraction of sp³-hybridized carbons (Fsp3) is 0.0714. The molecule has 1 N–H and O–H groups in total. The van der Waals surface area contributed by atoms with Gasteiger partial charge in [-0.3, -0.25) is 4.40 Å². The van der Waals surface area contributed by atoms with Crippen molar-refractivity contribution in [3.8, 4) is 0 Å². The van der Waals surface area contributed by atoms with Gasteiger partial charge in [0.05, 0.1) is 16.4 Å². The summed E-state index contributed by atoms with van der Waals surface area (Å²) in [5, 5.41) is 10.2. The van der Waals surface area contributed by atoms with Gasteiger partial charge in [-0.15, -0.1) is 0 Å². The van der Waals surface area contributed by atoms with Crippen molar-refractivity contribution in [3.05, 3.63) is 69.6 Å². The maximum Gasteiger partial charge on any atom is 0.194 e. The summed E-state index contributed by atoms with van der Waals surface area (Å²) < 4.78 is 54.6. The lowest BCUT2D eigenvalue weighted by Crippen LogP contribution is -2.06. The highest BCUT2D eigenvalue weighted by Gasteiger charge is 2.20. The summed E-state index contributed by atoms with van der Waals surface area (Å²) in [7, 11) is 0. The number of fused-ring (bicyclic) bond motifs is 1. The summed E-state index contributed by atoms with van der Waals surface area (Å²) >= 11 is 3.12. The number of nitrogens with zero attached hydrogens (tertiary/aromatic N) is 2. The van der Waals surface area contributed by atoms with E-state index in [0.29, 0.717) is 22.3 Å². The molecule has 2 aromatic heterocycles. The normalized spacial score (nSPS) is 12.8. The van der Waals surface area contributed by atoms with Gasteiger partial charge in [0.25, 0.3) is 0 Å². The van der Waals surface area contributed by atoms with Crippen molar-refractivity contribution in [2.24, 2.45) is 0 Å². The molecule has 0 aliphatic rings. The first-order valence-corrected chi connectivity index (χ1v) is 6.82. The molecule has 0 saturated carbocycles. The van der Waals surface area contributed by atoms with Crippen molar-refractivity contribution in [1.82, 2.24) is 9.38 Å². The summed E-state index contributed by atoms with van der Waals surface area (Å²) in [5.74, 6) is -5.06. The first-order valence-electron chi connectivity index (χ1n) is 6.03. The van der Waals surface area contributed by atoms with E-state index < -0.39 is 29.4 Å². The molecule has 1 unspecified atom stereocenters. The Bertz CT molecular complexity index is 858. The van der Waals surface area contributed by atoms with Crippen LogP contribution >= 0.6 is 15.9 Å². The van der Waals surface area contributed by atoms with Crippen molar-refractivity contribution in [1.29, 1.82) is 0 Å². The van der Waals surface area contributed by atoms with Crippen molar-refractivity contribution >= 4 is 21.6 Å². The van der Waals surface area contributed by atoms with E-state index >= 15 is 0 Å². The number of aliphatic hydroxyl groups is 1. The Hall–Kier alpha value is -1.93. The van der Waals surface area contributed by atoms with Gasteiger partial charge >= 0.3 is 0 Å². The van der Waals surface area contributed by atoms with E-state index in [4.69, 9.17) is 0 Å². The number of hydrogen-bond acceptors (Lipinski definition) is 2. The fourth-order valence-electron chi connectivity index (χ4n) is 2.14. The minimum absolute atomic E-state index is 0.0839. The second-order valence-corrected chi connectivity index (χ2v) is 5.44. The fourth-order valence-corrected chi connectivity index (χ4v) is 2.65. The molecular formula is C14H7BrF4N2O. The number of rotatable bonds is 2. The maximum atomic E-state index is 13.5. The Morgan fingerprint density at radius 1 is 1.09 bits per heavy atom. The van der Waals surface area contributed by atoms with Gasteiger partial charge in [-0.1, -0.05) is 0 Å². The summed E-state index contributed by atoms with van der Waals surface area (Å²) in [6, 6.07) is 2.54. The molecule has 0 bridgehead atoms. The average Bonchev–Trinajstić information content (AvgIpc) is 2.87. The number of aromatic nitrogens is 2. The van der Waals surface area contributed by atoms with E-state index in [-0.39, 0.29) is 11.3 Å². The van der Waals surface area contributed by atoms with E-state index in [1.807, 2.05) is 0 Å². The maximum absolute atomic E-state index is 13.5. The number of imidazole rings is 1. The minimum Gasteiger partial charge on any atom is -0.382 e. The van der Waals surface area contributed by atoms with Crippen LogP contribution in [0.25, 0.3) is 5.65 Å². The second kappa shape index (κ2) is 5.36. The lowest BCUT2D eigenvalue weighted by Gasteiger charge is -2.12. The summed E-state index contributed by atoms with van der Waals surface area (Å²) in [6.45, 7) is 0. The van der Waals surface area contributed by atoms with Gasteiger partial charge in [0.1, 0.15) is 11.9 Å². The van der Waals surface area contributed by atoms with Crippen LogP contribution in [0, 0.1) is 23.3 Å². The first kappa shape index (κ1) is 15.0. The molecule has 3 rings (SSSR count). The molecule has 0 saturated heterocycles. The smallest absolute Gasteiger partial charge is 0.194 e. The molecule has 0 aliphatic heterocycles. The number of pyridine rings is 1. The van der Waals surface area contributed by atoms with Crippen LogP contribution in [-0.2, 0) is 0 Å². The molecule has 0 fully saturated rings. The van der Waals surface area contributed by atoms with Gasteiger partial charge in [0.15, 0.2) is 23.1 Å². The van der Waals surface area contributed by atoms with E-state index in [1.165, 1.54) is 16.7 Å². The number of aliphatic hydroxyl groups excluding tert-OH is 1. The first-order chi connectivity index (χ1) is 10.4. The van der Waals surface area contributed by atoms with E-state index in [9.17, 15) is 22.7 Å². The summed E-state index contributed by atoms with van der Waals surface area (Å²) in [6.07, 6.45) is 0.805. The Morgan fingerprint density at radius 3 is 2.36 bits per heavy atom. The monoisotopic (exact) mass is 374 g/mol. The molecule has 3 aromatic rings.